The molecule has 4 fully saturated rings. The van der Waals surface area contributed by atoms with Gasteiger partial charge in [-0.3, -0.25) is 0 Å². The predicted molar refractivity (Wildman–Crippen MR) is 63.2 cm³/mol. The van der Waals surface area contributed by atoms with E-state index in [-0.39, 0.29) is 18.0 Å². The van der Waals surface area contributed by atoms with E-state index in [1.165, 1.54) is 38.5 Å². The van der Waals surface area contributed by atoms with Crippen LogP contribution >= 0.6 is 12.4 Å². The molecule has 0 aromatic carbocycles. The van der Waals surface area contributed by atoms with Gasteiger partial charge in [-0.2, -0.15) is 0 Å². The van der Waals surface area contributed by atoms with Gasteiger partial charge in [0.15, 0.2) is 0 Å². The molecule has 4 rings (SSSR count). The molecule has 4 aliphatic rings. The molecule has 4 bridgehead atoms. The summed E-state index contributed by atoms with van der Waals surface area (Å²) in [6, 6.07) is 0. The second-order valence-electron chi connectivity index (χ2n) is 5.74. The molecule has 0 spiro atoms. The summed E-state index contributed by atoms with van der Waals surface area (Å²) in [7, 11) is 0. The van der Waals surface area contributed by atoms with Crippen LogP contribution in [-0.4, -0.2) is 18.8 Å². The molecule has 0 atom stereocenters. The van der Waals surface area contributed by atoms with Gasteiger partial charge in [0.25, 0.3) is 0 Å². The van der Waals surface area contributed by atoms with Gasteiger partial charge in [0.05, 0.1) is 12.2 Å². The maximum atomic E-state index is 6.07. The standard InChI is InChI=1S/C12H21NO.ClH/c13-1-2-14-12-6-9-3-10(7-12)5-11(4-9)8-12;/h9-11H,1-8,13H2;1H. The van der Waals surface area contributed by atoms with Gasteiger partial charge in [-0.05, 0) is 56.3 Å². The zero-order valence-corrected chi connectivity index (χ0v) is 10.1. The lowest BCUT2D eigenvalue weighted by Gasteiger charge is -2.56. The number of hydrogen-bond donors (Lipinski definition) is 1. The van der Waals surface area contributed by atoms with Crippen molar-refractivity contribution < 1.29 is 4.74 Å². The van der Waals surface area contributed by atoms with Crippen LogP contribution in [0.15, 0.2) is 0 Å². The number of halogens is 1. The van der Waals surface area contributed by atoms with Crippen molar-refractivity contribution in [1.29, 1.82) is 0 Å². The average Bonchev–Trinajstić information content (AvgIpc) is 2.12. The lowest BCUT2D eigenvalue weighted by Crippen LogP contribution is -2.52. The molecule has 4 aliphatic carbocycles. The predicted octanol–water partition coefficient (Wildman–Crippen LogP) is 2.35. The number of rotatable bonds is 3. The third-order valence-electron chi connectivity index (χ3n) is 4.51. The van der Waals surface area contributed by atoms with Crippen LogP contribution in [0, 0.1) is 17.8 Å². The van der Waals surface area contributed by atoms with Crippen LogP contribution in [0.1, 0.15) is 38.5 Å². The maximum Gasteiger partial charge on any atom is 0.0691 e. The van der Waals surface area contributed by atoms with Crippen molar-refractivity contribution in [2.24, 2.45) is 23.5 Å². The molecule has 15 heavy (non-hydrogen) atoms. The van der Waals surface area contributed by atoms with Gasteiger partial charge >= 0.3 is 0 Å². The molecule has 4 saturated carbocycles. The van der Waals surface area contributed by atoms with E-state index in [1.54, 1.807) is 0 Å². The minimum atomic E-state index is 0. The average molecular weight is 232 g/mol. The van der Waals surface area contributed by atoms with Crippen LogP contribution in [0.3, 0.4) is 0 Å². The third-order valence-corrected chi connectivity index (χ3v) is 4.51. The molecule has 88 valence electrons. The maximum absolute atomic E-state index is 6.07. The molecule has 2 N–H and O–H groups in total. The van der Waals surface area contributed by atoms with E-state index >= 15 is 0 Å². The summed E-state index contributed by atoms with van der Waals surface area (Å²) in [5.41, 5.74) is 5.80. The minimum Gasteiger partial charge on any atom is -0.374 e. The van der Waals surface area contributed by atoms with E-state index in [2.05, 4.69) is 0 Å². The summed E-state index contributed by atoms with van der Waals surface area (Å²) in [5.74, 6) is 2.96. The highest BCUT2D eigenvalue weighted by molar-refractivity contribution is 5.85. The Morgan fingerprint density at radius 2 is 1.47 bits per heavy atom. The molecule has 0 amide bonds. The first-order valence-electron chi connectivity index (χ1n) is 6.14. The fraction of sp³-hybridized carbons (Fsp3) is 1.00. The highest BCUT2D eigenvalue weighted by Gasteiger charge is 2.51. The Kier molecular flexibility index (Phi) is 3.30. The van der Waals surface area contributed by atoms with Gasteiger partial charge in [-0.15, -0.1) is 12.4 Å². The number of nitrogens with two attached hydrogens (primary N) is 1. The second kappa shape index (κ2) is 4.23. The first kappa shape index (κ1) is 11.7. The van der Waals surface area contributed by atoms with Crippen molar-refractivity contribution >= 4 is 12.4 Å². The largest absolute Gasteiger partial charge is 0.374 e. The van der Waals surface area contributed by atoms with Crippen molar-refractivity contribution in [2.45, 2.75) is 44.1 Å². The molecular weight excluding hydrogens is 210 g/mol. The third kappa shape index (κ3) is 2.04. The summed E-state index contributed by atoms with van der Waals surface area (Å²) in [6.07, 6.45) is 8.47. The summed E-state index contributed by atoms with van der Waals surface area (Å²) in [4.78, 5) is 0. The van der Waals surface area contributed by atoms with E-state index in [0.717, 1.165) is 24.4 Å². The van der Waals surface area contributed by atoms with Crippen molar-refractivity contribution in [2.75, 3.05) is 13.2 Å². The zero-order chi connectivity index (χ0) is 9.60. The lowest BCUT2D eigenvalue weighted by molar-refractivity contribution is -0.160. The van der Waals surface area contributed by atoms with Gasteiger partial charge in [-0.25, -0.2) is 0 Å². The van der Waals surface area contributed by atoms with Gasteiger partial charge < -0.3 is 10.5 Å². The molecule has 0 aliphatic heterocycles. The van der Waals surface area contributed by atoms with Crippen LogP contribution < -0.4 is 5.73 Å². The van der Waals surface area contributed by atoms with Crippen LogP contribution in [0.25, 0.3) is 0 Å². The quantitative estimate of drug-likeness (QED) is 0.810. The Balaban J connectivity index is 0.000000853. The normalized spacial score (nSPS) is 46.6. The molecule has 0 radical (unpaired) electrons. The Bertz CT molecular complexity index is 196. The Labute approximate surface area is 98.3 Å². The first-order valence-corrected chi connectivity index (χ1v) is 6.14. The fourth-order valence-electron chi connectivity index (χ4n) is 4.48. The van der Waals surface area contributed by atoms with Crippen LogP contribution in [0.5, 0.6) is 0 Å². The van der Waals surface area contributed by atoms with Gasteiger partial charge in [0.1, 0.15) is 0 Å². The second-order valence-corrected chi connectivity index (χ2v) is 5.74. The smallest absolute Gasteiger partial charge is 0.0691 e. The van der Waals surface area contributed by atoms with Crippen LogP contribution in [-0.2, 0) is 4.74 Å². The Hall–Kier alpha value is 0.210. The molecule has 0 aromatic rings. The van der Waals surface area contributed by atoms with Crippen molar-refractivity contribution in [3.8, 4) is 0 Å². The van der Waals surface area contributed by atoms with Gasteiger partial charge in [0, 0.05) is 6.54 Å². The fourth-order valence-corrected chi connectivity index (χ4v) is 4.48. The summed E-state index contributed by atoms with van der Waals surface area (Å²) >= 11 is 0. The Morgan fingerprint density at radius 1 is 1.00 bits per heavy atom. The lowest BCUT2D eigenvalue weighted by atomic mass is 9.54. The van der Waals surface area contributed by atoms with Crippen LogP contribution in [0.4, 0.5) is 0 Å². The minimum absolute atomic E-state index is 0. The molecular formula is C12H22ClNO. The number of hydrogen-bond acceptors (Lipinski definition) is 2. The van der Waals surface area contributed by atoms with E-state index in [1.807, 2.05) is 0 Å². The Morgan fingerprint density at radius 3 is 1.87 bits per heavy atom. The molecule has 0 unspecified atom stereocenters. The molecule has 0 heterocycles. The van der Waals surface area contributed by atoms with E-state index in [0.29, 0.717) is 6.54 Å². The van der Waals surface area contributed by atoms with Gasteiger partial charge in [0.2, 0.25) is 0 Å². The molecule has 0 saturated heterocycles. The van der Waals surface area contributed by atoms with E-state index in [9.17, 15) is 0 Å². The highest BCUT2D eigenvalue weighted by atomic mass is 35.5. The number of ether oxygens (including phenoxy) is 1. The SMILES string of the molecule is Cl.NCCOC12CC3CC(CC(C3)C1)C2. The van der Waals surface area contributed by atoms with Crippen molar-refractivity contribution in [3.05, 3.63) is 0 Å². The first-order chi connectivity index (χ1) is 6.80. The summed E-state index contributed by atoms with van der Waals surface area (Å²) < 4.78 is 6.07. The summed E-state index contributed by atoms with van der Waals surface area (Å²) in [6.45, 7) is 1.45. The van der Waals surface area contributed by atoms with E-state index in [4.69, 9.17) is 10.5 Å². The van der Waals surface area contributed by atoms with Crippen LogP contribution in [0.2, 0.25) is 0 Å². The van der Waals surface area contributed by atoms with Gasteiger partial charge in [-0.1, -0.05) is 0 Å². The van der Waals surface area contributed by atoms with E-state index < -0.39 is 0 Å². The van der Waals surface area contributed by atoms with Crippen molar-refractivity contribution in [1.82, 2.24) is 0 Å². The molecule has 3 heteroatoms. The molecule has 2 nitrogen and oxygen atoms in total. The monoisotopic (exact) mass is 231 g/mol. The van der Waals surface area contributed by atoms with Crippen molar-refractivity contribution in [3.63, 3.8) is 0 Å². The topological polar surface area (TPSA) is 35.2 Å². The highest BCUT2D eigenvalue weighted by Crippen LogP contribution is 2.56. The molecule has 0 aromatic heterocycles. The zero-order valence-electron chi connectivity index (χ0n) is 9.28. The summed E-state index contributed by atoms with van der Waals surface area (Å²) in [5, 5.41) is 0.